The van der Waals surface area contributed by atoms with Crippen LogP contribution in [0.15, 0.2) is 41.8 Å². The van der Waals surface area contributed by atoms with Gasteiger partial charge in [-0.3, -0.25) is 29.0 Å². The second kappa shape index (κ2) is 9.66. The molecule has 1 aromatic heterocycles. The molecule has 1 aromatic carbocycles. The average molecular weight is 468 g/mol. The molecule has 1 saturated heterocycles. The van der Waals surface area contributed by atoms with Gasteiger partial charge in [-0.2, -0.15) is 0 Å². The second-order valence-corrected chi connectivity index (χ2v) is 9.05. The van der Waals surface area contributed by atoms with Crippen molar-refractivity contribution < 1.29 is 23.9 Å². The normalized spacial score (nSPS) is 19.5. The van der Waals surface area contributed by atoms with Gasteiger partial charge >= 0.3 is 5.97 Å². The van der Waals surface area contributed by atoms with Crippen LogP contribution in [-0.2, 0) is 30.5 Å². The van der Waals surface area contributed by atoms with Crippen LogP contribution in [0.1, 0.15) is 37.4 Å². The number of anilines is 2. The number of allylic oxidation sites excluding steroid dienone is 2. The lowest BCUT2D eigenvalue weighted by Crippen LogP contribution is -2.33. The van der Waals surface area contributed by atoms with Crippen LogP contribution in [0, 0.1) is 18.8 Å². The van der Waals surface area contributed by atoms with Crippen LogP contribution in [0.3, 0.4) is 0 Å². The zero-order valence-electron chi connectivity index (χ0n) is 18.5. The molecule has 9 heteroatoms. The summed E-state index contributed by atoms with van der Waals surface area (Å²) in [4.78, 5) is 56.6. The third-order valence-corrected chi connectivity index (χ3v) is 6.70. The lowest BCUT2D eigenvalue weighted by molar-refractivity contribution is -0.147. The third kappa shape index (κ3) is 4.88. The molecule has 0 bridgehead atoms. The minimum Gasteiger partial charge on any atom is -0.459 e. The first-order valence-electron chi connectivity index (χ1n) is 10.8. The number of thiazole rings is 1. The lowest BCUT2D eigenvalue weighted by atomic mass is 9.85. The van der Waals surface area contributed by atoms with Crippen LogP contribution in [0.25, 0.3) is 0 Å². The van der Waals surface area contributed by atoms with Gasteiger partial charge in [0.25, 0.3) is 0 Å². The molecule has 33 heavy (non-hydrogen) atoms. The number of likely N-dealkylation sites (tertiary alicyclic amines) is 1. The van der Waals surface area contributed by atoms with Crippen molar-refractivity contribution in [2.75, 3.05) is 11.4 Å². The summed E-state index contributed by atoms with van der Waals surface area (Å²) in [6.45, 7) is 3.39. The molecule has 0 N–H and O–H groups in total. The summed E-state index contributed by atoms with van der Waals surface area (Å²) in [6, 6.07) is 7.55. The molecule has 2 aliphatic rings. The van der Waals surface area contributed by atoms with Crippen molar-refractivity contribution in [3.63, 3.8) is 0 Å². The van der Waals surface area contributed by atoms with Gasteiger partial charge in [-0.15, -0.1) is 11.3 Å². The number of benzene rings is 1. The number of nitrogens with zero attached hydrogens (tertiary/aromatic N) is 3. The topological polar surface area (TPSA) is 96.9 Å². The Kier molecular flexibility index (Phi) is 6.69. The number of aromatic nitrogens is 1. The van der Waals surface area contributed by atoms with Crippen LogP contribution in [-0.4, -0.2) is 40.1 Å². The van der Waals surface area contributed by atoms with Gasteiger partial charge in [0.05, 0.1) is 29.6 Å². The number of hydrogen-bond donors (Lipinski definition) is 0. The van der Waals surface area contributed by atoms with E-state index >= 15 is 0 Å². The summed E-state index contributed by atoms with van der Waals surface area (Å²) in [5.41, 5.74) is 2.26. The number of ether oxygens (including phenoxy) is 1. The Morgan fingerprint density at radius 2 is 1.88 bits per heavy atom. The molecule has 0 unspecified atom stereocenters. The highest BCUT2D eigenvalue weighted by molar-refractivity contribution is 7.14. The lowest BCUT2D eigenvalue weighted by Gasteiger charge is -2.18. The summed E-state index contributed by atoms with van der Waals surface area (Å²) in [5, 5.41) is 2.23. The average Bonchev–Trinajstić information content (AvgIpc) is 3.34. The molecule has 1 aliphatic carbocycles. The summed E-state index contributed by atoms with van der Waals surface area (Å²) in [6.07, 6.45) is 4.94. The second-order valence-electron chi connectivity index (χ2n) is 8.21. The van der Waals surface area contributed by atoms with E-state index in [1.165, 1.54) is 28.1 Å². The molecular formula is C24H25N3O5S. The Hall–Kier alpha value is -3.33. The van der Waals surface area contributed by atoms with Crippen molar-refractivity contribution in [2.24, 2.45) is 11.8 Å². The highest BCUT2D eigenvalue weighted by atomic mass is 32.1. The van der Waals surface area contributed by atoms with Crippen LogP contribution >= 0.6 is 11.3 Å². The van der Waals surface area contributed by atoms with Gasteiger partial charge in [0.15, 0.2) is 5.13 Å². The Bertz CT molecular complexity index is 1100. The number of esters is 1. The van der Waals surface area contributed by atoms with Crippen molar-refractivity contribution in [1.82, 2.24) is 9.88 Å². The quantitative estimate of drug-likeness (QED) is 0.351. The van der Waals surface area contributed by atoms with Gasteiger partial charge in [-0.05, 0) is 37.5 Å². The molecule has 0 saturated carbocycles. The Morgan fingerprint density at radius 3 is 2.52 bits per heavy atom. The number of fused-ring (bicyclic) bond motifs is 1. The van der Waals surface area contributed by atoms with E-state index in [-0.39, 0.29) is 49.1 Å². The molecule has 1 aliphatic heterocycles. The van der Waals surface area contributed by atoms with Crippen LogP contribution in [0.5, 0.6) is 0 Å². The van der Waals surface area contributed by atoms with Crippen molar-refractivity contribution in [3.05, 3.63) is 53.1 Å². The maximum Gasteiger partial charge on any atom is 0.307 e. The summed E-state index contributed by atoms with van der Waals surface area (Å²) in [7, 11) is 0. The minimum atomic E-state index is -0.514. The molecule has 2 heterocycles. The molecule has 172 valence electrons. The number of carbonyl (C=O) groups is 4. The SMILES string of the molecule is CC(=O)N(c1cccc(C)c1)c1nc(COC(=O)CCN2C(=O)[C@H]3CC=CC[C@@H]3C2=O)cs1. The molecule has 8 nitrogen and oxygen atoms in total. The Balaban J connectivity index is 1.32. The molecule has 4 rings (SSSR count). The van der Waals surface area contributed by atoms with Gasteiger partial charge in [-0.25, -0.2) is 4.98 Å². The number of carbonyl (C=O) groups excluding carboxylic acids is 4. The first-order chi connectivity index (χ1) is 15.8. The van der Waals surface area contributed by atoms with Crippen LogP contribution in [0.4, 0.5) is 10.8 Å². The molecule has 0 spiro atoms. The first kappa shape index (κ1) is 22.8. The van der Waals surface area contributed by atoms with Crippen molar-refractivity contribution in [3.8, 4) is 0 Å². The monoisotopic (exact) mass is 467 g/mol. The van der Waals surface area contributed by atoms with Crippen LogP contribution < -0.4 is 4.90 Å². The summed E-state index contributed by atoms with van der Waals surface area (Å²) in [5.74, 6) is -1.69. The van der Waals surface area contributed by atoms with E-state index < -0.39 is 5.97 Å². The van der Waals surface area contributed by atoms with Crippen LogP contribution in [0.2, 0.25) is 0 Å². The van der Waals surface area contributed by atoms with Crippen molar-refractivity contribution >= 4 is 45.8 Å². The zero-order chi connectivity index (χ0) is 23.5. The molecular weight excluding hydrogens is 442 g/mol. The summed E-state index contributed by atoms with van der Waals surface area (Å²) < 4.78 is 5.30. The number of amides is 3. The number of hydrogen-bond acceptors (Lipinski definition) is 7. The van der Waals surface area contributed by atoms with E-state index in [9.17, 15) is 19.2 Å². The minimum absolute atomic E-state index is 0.0251. The van der Waals surface area contributed by atoms with Gasteiger partial charge < -0.3 is 4.74 Å². The van der Waals surface area contributed by atoms with Gasteiger partial charge in [0, 0.05) is 18.8 Å². The van der Waals surface area contributed by atoms with Gasteiger partial charge in [0.2, 0.25) is 17.7 Å². The smallest absolute Gasteiger partial charge is 0.307 e. The Labute approximate surface area is 195 Å². The van der Waals surface area contributed by atoms with E-state index in [1.54, 1.807) is 5.38 Å². The third-order valence-electron chi connectivity index (χ3n) is 5.83. The van der Waals surface area contributed by atoms with Crippen molar-refractivity contribution in [1.29, 1.82) is 0 Å². The molecule has 2 aromatic rings. The van der Waals surface area contributed by atoms with E-state index in [0.717, 1.165) is 11.3 Å². The summed E-state index contributed by atoms with van der Waals surface area (Å²) >= 11 is 1.28. The fourth-order valence-electron chi connectivity index (χ4n) is 4.18. The molecule has 3 amide bonds. The molecule has 0 radical (unpaired) electrons. The first-order valence-corrected chi connectivity index (χ1v) is 11.7. The van der Waals surface area contributed by atoms with E-state index in [2.05, 4.69) is 4.98 Å². The highest BCUT2D eigenvalue weighted by Crippen LogP contribution is 2.35. The zero-order valence-corrected chi connectivity index (χ0v) is 19.3. The fourth-order valence-corrected chi connectivity index (χ4v) is 5.05. The van der Waals surface area contributed by atoms with Gasteiger partial charge in [0.1, 0.15) is 6.61 Å². The number of imide groups is 1. The van der Waals surface area contributed by atoms with Gasteiger partial charge in [-0.1, -0.05) is 24.3 Å². The van der Waals surface area contributed by atoms with Crippen molar-refractivity contribution in [2.45, 2.75) is 39.7 Å². The Morgan fingerprint density at radius 1 is 1.18 bits per heavy atom. The number of rotatable bonds is 7. The molecule has 2 atom stereocenters. The largest absolute Gasteiger partial charge is 0.459 e. The predicted molar refractivity (Wildman–Crippen MR) is 123 cm³/mol. The molecule has 1 fully saturated rings. The predicted octanol–water partition coefficient (Wildman–Crippen LogP) is 3.52. The van der Waals surface area contributed by atoms with E-state index in [4.69, 9.17) is 4.74 Å². The fraction of sp³-hybridized carbons (Fsp3) is 0.375. The standard InChI is InChI=1S/C24H25N3O5S/c1-15-6-5-7-18(12-15)27(16(2)28)24-25-17(14-33-24)13-32-21(29)10-11-26-22(30)19-8-3-4-9-20(19)23(26)31/h3-7,12,14,19-20H,8-11,13H2,1-2H3/t19-,20-/m0/s1. The van der Waals surface area contributed by atoms with E-state index in [1.807, 2.05) is 43.3 Å². The highest BCUT2D eigenvalue weighted by Gasteiger charge is 2.46. The van der Waals surface area contributed by atoms with E-state index in [0.29, 0.717) is 23.7 Å². The maximum absolute atomic E-state index is 12.5. The number of aryl methyl sites for hydroxylation is 1. The maximum atomic E-state index is 12.5.